The summed E-state index contributed by atoms with van der Waals surface area (Å²) in [5.74, 6) is -0.275. The van der Waals surface area contributed by atoms with Crippen molar-refractivity contribution in [1.29, 1.82) is 5.41 Å². The number of hydrogen-bond acceptors (Lipinski definition) is 2. The lowest BCUT2D eigenvalue weighted by Gasteiger charge is -2.21. The van der Waals surface area contributed by atoms with Crippen LogP contribution in [0, 0.1) is 11.2 Å². The fourth-order valence-electron chi connectivity index (χ4n) is 1.10. The molecule has 0 aliphatic heterocycles. The monoisotopic (exact) mass is 243 g/mol. The molecule has 88 valence electrons. The predicted molar refractivity (Wildman–Crippen MR) is 62.8 cm³/mol. The second kappa shape index (κ2) is 5.72. The largest absolute Gasteiger partial charge is 0.593 e. The van der Waals surface area contributed by atoms with Gasteiger partial charge in [0.05, 0.1) is 18.4 Å². The Morgan fingerprint density at radius 2 is 2.19 bits per heavy atom. The Balaban J connectivity index is 2.68. The highest BCUT2D eigenvalue weighted by molar-refractivity contribution is 7.88. The number of rotatable bonds is 3. The molecular weight excluding hydrogens is 229 g/mol. The first-order valence-corrected chi connectivity index (χ1v) is 5.95. The second-order valence-electron chi connectivity index (χ2n) is 3.15. The molecule has 0 aliphatic carbocycles. The van der Waals surface area contributed by atoms with Crippen molar-refractivity contribution in [3.63, 3.8) is 0 Å². The zero-order valence-corrected chi connectivity index (χ0v) is 9.97. The van der Waals surface area contributed by atoms with E-state index in [1.807, 2.05) is 0 Å². The van der Waals surface area contributed by atoms with Crippen molar-refractivity contribution in [2.75, 3.05) is 14.1 Å². The summed E-state index contributed by atoms with van der Waals surface area (Å²) in [4.78, 5) is 0. The van der Waals surface area contributed by atoms with E-state index in [2.05, 4.69) is 5.32 Å². The fourth-order valence-corrected chi connectivity index (χ4v) is 2.09. The van der Waals surface area contributed by atoms with Gasteiger partial charge in [-0.1, -0.05) is 18.2 Å². The highest BCUT2D eigenvalue weighted by Crippen LogP contribution is 2.12. The molecular formula is C10H14FN3OS. The maximum absolute atomic E-state index is 13.3. The lowest BCUT2D eigenvalue weighted by Crippen LogP contribution is -2.40. The molecule has 0 fully saturated rings. The molecule has 2 N–H and O–H groups in total. The molecule has 4 nitrogen and oxygen atoms in total. The molecule has 0 bridgehead atoms. The molecule has 0 radical (unpaired) electrons. The van der Waals surface area contributed by atoms with Gasteiger partial charge in [0.2, 0.25) is 5.96 Å². The Morgan fingerprint density at radius 1 is 1.56 bits per heavy atom. The number of nitrogens with one attached hydrogen (secondary N) is 2. The van der Waals surface area contributed by atoms with Crippen molar-refractivity contribution in [2.24, 2.45) is 0 Å². The van der Waals surface area contributed by atoms with E-state index >= 15 is 0 Å². The first-order valence-electron chi connectivity index (χ1n) is 4.68. The van der Waals surface area contributed by atoms with Crippen LogP contribution in [-0.4, -0.2) is 28.9 Å². The Hall–Kier alpha value is -1.27. The van der Waals surface area contributed by atoms with E-state index in [0.29, 0.717) is 5.56 Å². The van der Waals surface area contributed by atoms with Crippen LogP contribution in [0.25, 0.3) is 0 Å². The van der Waals surface area contributed by atoms with Gasteiger partial charge < -0.3 is 9.87 Å². The highest BCUT2D eigenvalue weighted by atomic mass is 32.2. The summed E-state index contributed by atoms with van der Waals surface area (Å²) in [6.07, 6.45) is 0. The topological polar surface area (TPSA) is 62.2 Å². The maximum Gasteiger partial charge on any atom is 0.233 e. The molecule has 6 heteroatoms. The van der Waals surface area contributed by atoms with Crippen molar-refractivity contribution in [2.45, 2.75) is 5.75 Å². The van der Waals surface area contributed by atoms with Gasteiger partial charge in [0.25, 0.3) is 0 Å². The van der Waals surface area contributed by atoms with E-state index in [9.17, 15) is 8.94 Å². The van der Waals surface area contributed by atoms with Gasteiger partial charge in [0, 0.05) is 12.6 Å². The highest BCUT2D eigenvalue weighted by Gasteiger charge is 2.19. The van der Waals surface area contributed by atoms with Gasteiger partial charge in [-0.3, -0.25) is 5.41 Å². The van der Waals surface area contributed by atoms with Gasteiger partial charge >= 0.3 is 0 Å². The van der Waals surface area contributed by atoms with Crippen LogP contribution in [0.2, 0.25) is 0 Å². The smallest absolute Gasteiger partial charge is 0.233 e. The van der Waals surface area contributed by atoms with E-state index in [4.69, 9.17) is 5.41 Å². The molecule has 0 aromatic heterocycles. The normalized spacial score (nSPS) is 12.0. The third-order valence-corrected chi connectivity index (χ3v) is 3.45. The molecule has 1 aromatic carbocycles. The lowest BCUT2D eigenvalue weighted by atomic mass is 10.2. The molecule has 0 amide bonds. The van der Waals surface area contributed by atoms with E-state index < -0.39 is 11.4 Å². The van der Waals surface area contributed by atoms with Crippen LogP contribution in [0.5, 0.6) is 0 Å². The quantitative estimate of drug-likeness (QED) is 0.474. The van der Waals surface area contributed by atoms with Crippen molar-refractivity contribution >= 4 is 17.3 Å². The Bertz CT molecular complexity index is 375. The maximum atomic E-state index is 13.3. The number of nitrogens with zero attached hydrogens (tertiary/aromatic N) is 1. The number of guanidine groups is 1. The van der Waals surface area contributed by atoms with Crippen LogP contribution in [0.15, 0.2) is 24.3 Å². The van der Waals surface area contributed by atoms with E-state index in [0.717, 1.165) is 0 Å². The van der Waals surface area contributed by atoms with Crippen molar-refractivity contribution in [1.82, 2.24) is 9.62 Å². The van der Waals surface area contributed by atoms with Crippen molar-refractivity contribution in [3.8, 4) is 0 Å². The minimum Gasteiger partial charge on any atom is -0.593 e. The van der Waals surface area contributed by atoms with Gasteiger partial charge in [0.15, 0.2) is 5.75 Å². The number of benzene rings is 1. The lowest BCUT2D eigenvalue weighted by molar-refractivity contribution is 0.541. The number of halogens is 1. The molecule has 1 rings (SSSR count). The molecule has 16 heavy (non-hydrogen) atoms. The standard InChI is InChI=1S/C10H14FN3OS/c1-13-10(12)14(2)16(15)7-8-5-3-4-6-9(8)11/h3-6H,7H2,1-2H3,(H2,12,13). The Kier molecular flexibility index (Phi) is 4.57. The molecule has 0 spiro atoms. The molecule has 0 aliphatic rings. The van der Waals surface area contributed by atoms with Crippen LogP contribution in [-0.2, 0) is 17.1 Å². The third kappa shape index (κ3) is 3.11. The van der Waals surface area contributed by atoms with Gasteiger partial charge in [0.1, 0.15) is 5.82 Å². The van der Waals surface area contributed by atoms with Crippen LogP contribution in [0.4, 0.5) is 4.39 Å². The molecule has 0 saturated heterocycles. The van der Waals surface area contributed by atoms with Gasteiger partial charge in [-0.05, 0) is 6.07 Å². The summed E-state index contributed by atoms with van der Waals surface area (Å²) in [6, 6.07) is 6.19. The molecule has 1 unspecified atom stereocenters. The summed E-state index contributed by atoms with van der Waals surface area (Å²) in [5, 5.41) is 9.99. The number of hydrogen-bond donors (Lipinski definition) is 2. The SMILES string of the molecule is CNC(=N)N(C)[S+]([O-])Cc1ccccc1F. The zero-order valence-electron chi connectivity index (χ0n) is 9.16. The van der Waals surface area contributed by atoms with Crippen LogP contribution < -0.4 is 5.32 Å². The minimum absolute atomic E-state index is 0.0367. The van der Waals surface area contributed by atoms with Crippen LogP contribution in [0.3, 0.4) is 0 Å². The van der Waals surface area contributed by atoms with Crippen molar-refractivity contribution in [3.05, 3.63) is 35.6 Å². The van der Waals surface area contributed by atoms with E-state index in [1.165, 1.54) is 17.4 Å². The van der Waals surface area contributed by atoms with Gasteiger partial charge in [-0.15, -0.1) is 0 Å². The summed E-state index contributed by atoms with van der Waals surface area (Å²) in [5.41, 5.74) is 0.386. The summed E-state index contributed by atoms with van der Waals surface area (Å²) < 4.78 is 26.3. The van der Waals surface area contributed by atoms with E-state index in [-0.39, 0.29) is 17.5 Å². The first-order chi connectivity index (χ1) is 7.56. The van der Waals surface area contributed by atoms with Gasteiger partial charge in [-0.25, -0.2) is 4.39 Å². The van der Waals surface area contributed by atoms with Gasteiger partial charge in [-0.2, -0.15) is 4.31 Å². The minimum atomic E-state index is -1.45. The average Bonchev–Trinajstić information content (AvgIpc) is 2.30. The molecule has 0 heterocycles. The first kappa shape index (κ1) is 12.8. The summed E-state index contributed by atoms with van der Waals surface area (Å²) in [6.45, 7) is 0. The second-order valence-corrected chi connectivity index (χ2v) is 4.63. The zero-order chi connectivity index (χ0) is 12.1. The molecule has 0 saturated carbocycles. The van der Waals surface area contributed by atoms with Crippen molar-refractivity contribution < 1.29 is 8.94 Å². The summed E-state index contributed by atoms with van der Waals surface area (Å²) in [7, 11) is 3.09. The van der Waals surface area contributed by atoms with Crippen LogP contribution >= 0.6 is 0 Å². The fraction of sp³-hybridized carbons (Fsp3) is 0.300. The average molecular weight is 243 g/mol. The molecule has 1 aromatic rings. The summed E-state index contributed by atoms with van der Waals surface area (Å²) >= 11 is -1.45. The van der Waals surface area contributed by atoms with Crippen LogP contribution in [0.1, 0.15) is 5.56 Å². The predicted octanol–water partition coefficient (Wildman–Crippen LogP) is 1.08. The third-order valence-electron chi connectivity index (χ3n) is 2.09. The Labute approximate surface area is 97.3 Å². The Morgan fingerprint density at radius 3 is 2.75 bits per heavy atom. The van der Waals surface area contributed by atoms with E-state index in [1.54, 1.807) is 25.2 Å². The molecule has 1 atom stereocenters.